The smallest absolute Gasteiger partial charge is 0.165 e. The van der Waals surface area contributed by atoms with Crippen molar-refractivity contribution in [3.05, 3.63) is 29.0 Å². The zero-order chi connectivity index (χ0) is 14.9. The van der Waals surface area contributed by atoms with Crippen molar-refractivity contribution in [1.29, 1.82) is 0 Å². The molecule has 2 atom stereocenters. The average Bonchev–Trinajstić information content (AvgIpc) is 2.41. The molecule has 20 heavy (non-hydrogen) atoms. The minimum Gasteiger partial charge on any atom is -0.363 e. The molecule has 0 spiro atoms. The third-order valence-electron chi connectivity index (χ3n) is 4.20. The Kier molecular flexibility index (Phi) is 4.92. The lowest BCUT2D eigenvalue weighted by molar-refractivity contribution is 0.293. The fraction of sp³-hybridized carbons (Fsp3) is 0.625. The number of anilines is 1. The summed E-state index contributed by atoms with van der Waals surface area (Å²) in [7, 11) is 0. The van der Waals surface area contributed by atoms with Crippen molar-refractivity contribution in [1.82, 2.24) is 5.32 Å². The lowest BCUT2D eigenvalue weighted by Crippen LogP contribution is -2.60. The second kappa shape index (κ2) is 6.31. The highest BCUT2D eigenvalue weighted by Gasteiger charge is 2.32. The van der Waals surface area contributed by atoms with Crippen LogP contribution in [-0.2, 0) is 0 Å². The molecule has 1 aromatic carbocycles. The summed E-state index contributed by atoms with van der Waals surface area (Å²) in [6.07, 6.45) is 0. The lowest BCUT2D eigenvalue weighted by atomic mass is 9.93. The van der Waals surface area contributed by atoms with Crippen LogP contribution in [0.3, 0.4) is 0 Å². The first kappa shape index (κ1) is 15.6. The van der Waals surface area contributed by atoms with Crippen molar-refractivity contribution in [2.45, 2.75) is 39.8 Å². The molecule has 0 aromatic heterocycles. The molecule has 1 aromatic rings. The highest BCUT2D eigenvalue weighted by atomic mass is 35.5. The minimum atomic E-state index is -0.302. The van der Waals surface area contributed by atoms with Crippen LogP contribution in [0.4, 0.5) is 10.1 Å². The zero-order valence-corrected chi connectivity index (χ0v) is 13.4. The van der Waals surface area contributed by atoms with Crippen molar-refractivity contribution in [2.75, 3.05) is 18.0 Å². The van der Waals surface area contributed by atoms with Crippen LogP contribution in [0.5, 0.6) is 0 Å². The number of hydrogen-bond acceptors (Lipinski definition) is 2. The van der Waals surface area contributed by atoms with Gasteiger partial charge in [-0.2, -0.15) is 0 Å². The third-order valence-corrected chi connectivity index (χ3v) is 4.49. The van der Waals surface area contributed by atoms with E-state index in [-0.39, 0.29) is 16.9 Å². The van der Waals surface area contributed by atoms with E-state index >= 15 is 0 Å². The van der Waals surface area contributed by atoms with Gasteiger partial charge in [0.2, 0.25) is 0 Å². The summed E-state index contributed by atoms with van der Waals surface area (Å²) in [6, 6.07) is 5.93. The van der Waals surface area contributed by atoms with Crippen molar-refractivity contribution in [3.8, 4) is 0 Å². The summed E-state index contributed by atoms with van der Waals surface area (Å²) in [5, 5.41) is 3.79. The molecule has 1 aliphatic rings. The van der Waals surface area contributed by atoms with Gasteiger partial charge >= 0.3 is 0 Å². The summed E-state index contributed by atoms with van der Waals surface area (Å²) in [5.41, 5.74) is 0.628. The average molecular weight is 299 g/mol. The number of nitrogens with zero attached hydrogens (tertiary/aromatic N) is 1. The molecule has 2 unspecified atom stereocenters. The van der Waals surface area contributed by atoms with Crippen molar-refractivity contribution >= 4 is 17.3 Å². The molecular weight excluding hydrogens is 275 g/mol. The van der Waals surface area contributed by atoms with E-state index in [1.165, 1.54) is 0 Å². The van der Waals surface area contributed by atoms with Crippen LogP contribution < -0.4 is 10.2 Å². The monoisotopic (exact) mass is 298 g/mol. The van der Waals surface area contributed by atoms with E-state index in [1.807, 2.05) is 12.1 Å². The number of nitrogens with one attached hydrogen (secondary N) is 1. The normalized spacial score (nSPS) is 23.7. The van der Waals surface area contributed by atoms with Crippen molar-refractivity contribution < 1.29 is 4.39 Å². The van der Waals surface area contributed by atoms with Crippen LogP contribution in [0.1, 0.15) is 27.7 Å². The molecule has 112 valence electrons. The van der Waals surface area contributed by atoms with Gasteiger partial charge in [0, 0.05) is 25.2 Å². The second-order valence-electron chi connectivity index (χ2n) is 6.30. The van der Waals surface area contributed by atoms with Crippen LogP contribution in [0.25, 0.3) is 0 Å². The fourth-order valence-corrected chi connectivity index (χ4v) is 3.00. The van der Waals surface area contributed by atoms with Gasteiger partial charge in [0.05, 0.1) is 10.7 Å². The Morgan fingerprint density at radius 3 is 2.55 bits per heavy atom. The molecule has 0 radical (unpaired) electrons. The van der Waals surface area contributed by atoms with E-state index in [4.69, 9.17) is 11.6 Å². The molecule has 1 N–H and O–H groups in total. The van der Waals surface area contributed by atoms with Crippen LogP contribution >= 0.6 is 11.6 Å². The molecule has 0 aliphatic carbocycles. The standard InChI is InChI=1S/C16H24ClFN2/c1-10(2)13-9-20(15(8-19-13)11(3)4)14-7-5-6-12(17)16(14)18/h5-7,10-11,13,15,19H,8-9H2,1-4H3. The van der Waals surface area contributed by atoms with E-state index in [0.29, 0.717) is 23.6 Å². The molecule has 1 saturated heterocycles. The first-order valence-corrected chi connectivity index (χ1v) is 7.73. The maximum Gasteiger partial charge on any atom is 0.165 e. The summed E-state index contributed by atoms with van der Waals surface area (Å²) in [6.45, 7) is 10.4. The Morgan fingerprint density at radius 2 is 1.95 bits per heavy atom. The first-order valence-electron chi connectivity index (χ1n) is 7.35. The predicted octanol–water partition coefficient (Wildman–Crippen LogP) is 3.94. The second-order valence-corrected chi connectivity index (χ2v) is 6.70. The molecule has 1 aliphatic heterocycles. The maximum atomic E-state index is 14.4. The van der Waals surface area contributed by atoms with Gasteiger partial charge in [-0.05, 0) is 24.0 Å². The Morgan fingerprint density at radius 1 is 1.25 bits per heavy atom. The molecule has 0 amide bonds. The summed E-state index contributed by atoms with van der Waals surface area (Å²) < 4.78 is 14.4. The number of benzene rings is 1. The fourth-order valence-electron chi connectivity index (χ4n) is 2.83. The zero-order valence-electron chi connectivity index (χ0n) is 12.7. The molecule has 2 rings (SSSR count). The van der Waals surface area contributed by atoms with Gasteiger partial charge in [0.25, 0.3) is 0 Å². The number of piperazine rings is 1. The van der Waals surface area contributed by atoms with E-state index in [1.54, 1.807) is 6.07 Å². The number of hydrogen-bond donors (Lipinski definition) is 1. The van der Waals surface area contributed by atoms with Crippen LogP contribution in [0.2, 0.25) is 5.02 Å². The molecular formula is C16H24ClFN2. The largest absolute Gasteiger partial charge is 0.363 e. The maximum absolute atomic E-state index is 14.4. The number of halogens is 2. The molecule has 0 bridgehead atoms. The molecule has 0 saturated carbocycles. The molecule has 1 heterocycles. The van der Waals surface area contributed by atoms with E-state index in [9.17, 15) is 4.39 Å². The van der Waals surface area contributed by atoms with Gasteiger partial charge in [0.15, 0.2) is 5.82 Å². The highest BCUT2D eigenvalue weighted by Crippen LogP contribution is 2.30. The quantitative estimate of drug-likeness (QED) is 0.909. The van der Waals surface area contributed by atoms with Crippen LogP contribution in [0, 0.1) is 17.7 Å². The number of rotatable bonds is 3. The van der Waals surface area contributed by atoms with Crippen molar-refractivity contribution in [2.24, 2.45) is 11.8 Å². The Hall–Kier alpha value is -0.800. The van der Waals surface area contributed by atoms with E-state index in [0.717, 1.165) is 13.1 Å². The third kappa shape index (κ3) is 3.09. The van der Waals surface area contributed by atoms with Gasteiger partial charge in [-0.1, -0.05) is 45.4 Å². The van der Waals surface area contributed by atoms with Crippen molar-refractivity contribution in [3.63, 3.8) is 0 Å². The molecule has 4 heteroatoms. The Balaban J connectivity index is 2.34. The summed E-state index contributed by atoms with van der Waals surface area (Å²) >= 11 is 5.94. The SMILES string of the molecule is CC(C)C1CN(c2cccc(Cl)c2F)C(C(C)C)CN1. The molecule has 2 nitrogen and oxygen atoms in total. The van der Waals surface area contributed by atoms with E-state index in [2.05, 4.69) is 37.9 Å². The first-order chi connectivity index (χ1) is 9.41. The molecule has 1 fully saturated rings. The van der Waals surface area contributed by atoms with Gasteiger partial charge in [-0.3, -0.25) is 0 Å². The van der Waals surface area contributed by atoms with Gasteiger partial charge in [-0.25, -0.2) is 4.39 Å². The predicted molar refractivity (Wildman–Crippen MR) is 84.0 cm³/mol. The van der Waals surface area contributed by atoms with Gasteiger partial charge in [-0.15, -0.1) is 0 Å². The lowest BCUT2D eigenvalue weighted by Gasteiger charge is -2.45. The van der Waals surface area contributed by atoms with Gasteiger partial charge < -0.3 is 10.2 Å². The Bertz CT molecular complexity index is 462. The van der Waals surface area contributed by atoms with Gasteiger partial charge in [0.1, 0.15) is 0 Å². The Labute approximate surface area is 126 Å². The summed E-state index contributed by atoms with van der Waals surface area (Å²) in [5.74, 6) is 0.672. The highest BCUT2D eigenvalue weighted by molar-refractivity contribution is 6.31. The minimum absolute atomic E-state index is 0.199. The van der Waals surface area contributed by atoms with E-state index < -0.39 is 0 Å². The topological polar surface area (TPSA) is 15.3 Å². The van der Waals surface area contributed by atoms with Crippen LogP contribution in [0.15, 0.2) is 18.2 Å². The van der Waals surface area contributed by atoms with Crippen LogP contribution in [-0.4, -0.2) is 25.2 Å². The summed E-state index contributed by atoms with van der Waals surface area (Å²) in [4.78, 5) is 2.19.